The summed E-state index contributed by atoms with van der Waals surface area (Å²) in [5, 5.41) is 1.24. The molecule has 3 N–H and O–H groups in total. The van der Waals surface area contributed by atoms with Crippen LogP contribution in [0.15, 0.2) is 54.7 Å². The van der Waals surface area contributed by atoms with Gasteiger partial charge in [-0.1, -0.05) is 36.4 Å². The van der Waals surface area contributed by atoms with Crippen molar-refractivity contribution in [2.24, 2.45) is 5.73 Å². The van der Waals surface area contributed by atoms with Gasteiger partial charge < -0.3 is 10.7 Å². The van der Waals surface area contributed by atoms with Gasteiger partial charge in [0, 0.05) is 23.6 Å². The van der Waals surface area contributed by atoms with Gasteiger partial charge in [0.1, 0.15) is 0 Å². The summed E-state index contributed by atoms with van der Waals surface area (Å²) < 4.78 is 0. The van der Waals surface area contributed by atoms with Gasteiger partial charge in [0.15, 0.2) is 0 Å². The number of aromatic nitrogens is 1. The van der Waals surface area contributed by atoms with E-state index in [0.717, 1.165) is 5.52 Å². The molecular weight excluding hydrogens is 244 g/mol. The Labute approximate surface area is 112 Å². The maximum Gasteiger partial charge on any atom is 0.0460 e. The number of hydrogen-bond acceptors (Lipinski definition) is 1. The zero-order valence-electron chi connectivity index (χ0n) is 9.89. The van der Waals surface area contributed by atoms with Gasteiger partial charge in [-0.15, -0.1) is 12.4 Å². The molecule has 0 saturated carbocycles. The first kappa shape index (κ1) is 12.7. The number of aromatic amines is 1. The normalized spacial score (nSPS) is 10.3. The summed E-state index contributed by atoms with van der Waals surface area (Å²) in [7, 11) is 0. The van der Waals surface area contributed by atoms with E-state index in [1.165, 1.54) is 22.1 Å². The summed E-state index contributed by atoms with van der Waals surface area (Å²) in [4.78, 5) is 3.24. The number of H-pyrrole nitrogens is 1. The molecular formula is C15H15ClN2. The minimum Gasteiger partial charge on any atom is -0.361 e. The quantitative estimate of drug-likeness (QED) is 0.723. The lowest BCUT2D eigenvalue weighted by atomic mass is 9.97. The van der Waals surface area contributed by atoms with Crippen molar-refractivity contribution < 1.29 is 0 Å². The number of nitrogens with one attached hydrogen (secondary N) is 1. The molecule has 0 aliphatic heterocycles. The molecule has 0 fully saturated rings. The van der Waals surface area contributed by atoms with Crippen LogP contribution in [0.4, 0.5) is 0 Å². The van der Waals surface area contributed by atoms with Crippen LogP contribution >= 0.6 is 12.4 Å². The monoisotopic (exact) mass is 258 g/mol. The largest absolute Gasteiger partial charge is 0.361 e. The zero-order chi connectivity index (χ0) is 11.7. The third-order valence-corrected chi connectivity index (χ3v) is 3.12. The van der Waals surface area contributed by atoms with E-state index >= 15 is 0 Å². The third-order valence-electron chi connectivity index (χ3n) is 3.12. The molecule has 3 rings (SSSR count). The summed E-state index contributed by atoms with van der Waals surface area (Å²) in [6.07, 6.45) is 1.97. The maximum absolute atomic E-state index is 5.80. The van der Waals surface area contributed by atoms with Crippen LogP contribution in [0.1, 0.15) is 5.56 Å². The van der Waals surface area contributed by atoms with Crippen molar-refractivity contribution in [3.8, 4) is 11.1 Å². The van der Waals surface area contributed by atoms with E-state index < -0.39 is 0 Å². The van der Waals surface area contributed by atoms with Crippen LogP contribution in [-0.2, 0) is 6.54 Å². The summed E-state index contributed by atoms with van der Waals surface area (Å²) in [5.74, 6) is 0. The molecule has 0 radical (unpaired) electrons. The fourth-order valence-electron chi connectivity index (χ4n) is 2.28. The summed E-state index contributed by atoms with van der Waals surface area (Å²) in [6, 6.07) is 16.7. The van der Waals surface area contributed by atoms with Crippen LogP contribution in [0.25, 0.3) is 22.0 Å². The van der Waals surface area contributed by atoms with Crippen LogP contribution in [0.3, 0.4) is 0 Å². The topological polar surface area (TPSA) is 41.8 Å². The second kappa shape index (κ2) is 5.25. The lowest BCUT2D eigenvalue weighted by Crippen LogP contribution is -1.98. The van der Waals surface area contributed by atoms with Gasteiger partial charge in [-0.2, -0.15) is 0 Å². The Kier molecular flexibility index (Phi) is 3.70. The van der Waals surface area contributed by atoms with Gasteiger partial charge >= 0.3 is 0 Å². The first-order valence-electron chi connectivity index (χ1n) is 5.74. The summed E-state index contributed by atoms with van der Waals surface area (Å²) in [6.45, 7) is 0.566. The SMILES string of the molecule is Cl.NCc1ccccc1-c1cccc2[nH]ccc12. The first-order valence-corrected chi connectivity index (χ1v) is 5.74. The summed E-state index contributed by atoms with van der Waals surface area (Å²) >= 11 is 0. The van der Waals surface area contributed by atoms with Crippen molar-refractivity contribution in [2.75, 3.05) is 0 Å². The molecule has 1 aromatic heterocycles. The Morgan fingerprint density at radius 3 is 2.50 bits per heavy atom. The van der Waals surface area contributed by atoms with E-state index in [0.29, 0.717) is 6.54 Å². The molecule has 1 heterocycles. The van der Waals surface area contributed by atoms with E-state index in [-0.39, 0.29) is 12.4 Å². The van der Waals surface area contributed by atoms with Crippen molar-refractivity contribution in [1.29, 1.82) is 0 Å². The number of benzene rings is 2. The second-order valence-electron chi connectivity index (χ2n) is 4.11. The standard InChI is InChI=1S/C15H14N2.ClH/c16-10-11-4-1-2-5-12(11)13-6-3-7-15-14(13)8-9-17-15;/h1-9,17H,10,16H2;1H. The lowest BCUT2D eigenvalue weighted by Gasteiger charge is -2.08. The highest BCUT2D eigenvalue weighted by atomic mass is 35.5. The third kappa shape index (κ3) is 2.01. The van der Waals surface area contributed by atoms with Gasteiger partial charge in [-0.25, -0.2) is 0 Å². The van der Waals surface area contributed by atoms with Crippen LogP contribution < -0.4 is 5.73 Å². The Balaban J connectivity index is 0.00000120. The number of hydrogen-bond donors (Lipinski definition) is 2. The van der Waals surface area contributed by atoms with Crippen molar-refractivity contribution in [2.45, 2.75) is 6.54 Å². The predicted molar refractivity (Wildman–Crippen MR) is 78.9 cm³/mol. The lowest BCUT2D eigenvalue weighted by molar-refractivity contribution is 1.07. The highest BCUT2D eigenvalue weighted by molar-refractivity contribution is 5.95. The number of halogens is 1. The van der Waals surface area contributed by atoms with E-state index in [9.17, 15) is 0 Å². The Hall–Kier alpha value is -1.77. The average Bonchev–Trinajstić information content (AvgIpc) is 2.86. The average molecular weight is 259 g/mol. The molecule has 0 aliphatic rings. The molecule has 18 heavy (non-hydrogen) atoms. The molecule has 2 aromatic carbocycles. The van der Waals surface area contributed by atoms with Gasteiger partial charge in [0.05, 0.1) is 0 Å². The molecule has 0 unspecified atom stereocenters. The zero-order valence-corrected chi connectivity index (χ0v) is 10.7. The number of rotatable bonds is 2. The highest BCUT2D eigenvalue weighted by Crippen LogP contribution is 2.30. The number of fused-ring (bicyclic) bond motifs is 1. The Morgan fingerprint density at radius 1 is 0.889 bits per heavy atom. The molecule has 2 nitrogen and oxygen atoms in total. The van der Waals surface area contributed by atoms with Crippen molar-refractivity contribution in [3.63, 3.8) is 0 Å². The molecule has 0 spiro atoms. The van der Waals surface area contributed by atoms with Crippen molar-refractivity contribution >= 4 is 23.3 Å². The van der Waals surface area contributed by atoms with E-state index in [1.54, 1.807) is 0 Å². The highest BCUT2D eigenvalue weighted by Gasteiger charge is 2.07. The van der Waals surface area contributed by atoms with Crippen LogP contribution in [-0.4, -0.2) is 4.98 Å². The molecule has 3 aromatic rings. The van der Waals surface area contributed by atoms with Gasteiger partial charge in [0.2, 0.25) is 0 Å². The fraction of sp³-hybridized carbons (Fsp3) is 0.0667. The van der Waals surface area contributed by atoms with Crippen molar-refractivity contribution in [3.05, 3.63) is 60.3 Å². The van der Waals surface area contributed by atoms with Crippen LogP contribution in [0.2, 0.25) is 0 Å². The molecule has 0 saturated heterocycles. The van der Waals surface area contributed by atoms with E-state index in [2.05, 4.69) is 47.4 Å². The summed E-state index contributed by atoms with van der Waals surface area (Å²) in [5.41, 5.74) is 10.6. The van der Waals surface area contributed by atoms with Gasteiger partial charge in [-0.3, -0.25) is 0 Å². The molecule has 0 amide bonds. The smallest absolute Gasteiger partial charge is 0.0460 e. The minimum atomic E-state index is 0. The second-order valence-corrected chi connectivity index (χ2v) is 4.11. The Bertz CT molecular complexity index is 658. The maximum atomic E-state index is 5.80. The molecule has 3 heteroatoms. The molecule has 0 bridgehead atoms. The van der Waals surface area contributed by atoms with E-state index in [1.807, 2.05) is 12.3 Å². The molecule has 0 aliphatic carbocycles. The van der Waals surface area contributed by atoms with Gasteiger partial charge in [-0.05, 0) is 28.8 Å². The van der Waals surface area contributed by atoms with E-state index in [4.69, 9.17) is 5.73 Å². The molecule has 0 atom stereocenters. The van der Waals surface area contributed by atoms with Crippen molar-refractivity contribution in [1.82, 2.24) is 4.98 Å². The number of nitrogens with two attached hydrogens (primary N) is 1. The van der Waals surface area contributed by atoms with Crippen LogP contribution in [0.5, 0.6) is 0 Å². The molecule has 92 valence electrons. The Morgan fingerprint density at radius 2 is 1.67 bits per heavy atom. The minimum absolute atomic E-state index is 0. The van der Waals surface area contributed by atoms with Crippen LogP contribution in [0, 0.1) is 0 Å². The first-order chi connectivity index (χ1) is 8.40. The fourth-order valence-corrected chi connectivity index (χ4v) is 2.28. The predicted octanol–water partition coefficient (Wildman–Crippen LogP) is 3.72. The van der Waals surface area contributed by atoms with Gasteiger partial charge in [0.25, 0.3) is 0 Å².